The van der Waals surface area contributed by atoms with Crippen molar-refractivity contribution < 1.29 is 0 Å². The number of aromatic nitrogens is 3. The highest BCUT2D eigenvalue weighted by Gasteiger charge is 2.05. The van der Waals surface area contributed by atoms with Gasteiger partial charge in [-0.2, -0.15) is 4.98 Å². The summed E-state index contributed by atoms with van der Waals surface area (Å²) < 4.78 is 1.86. The van der Waals surface area contributed by atoms with Crippen LogP contribution in [0.25, 0.3) is 11.0 Å². The first-order valence-electron chi connectivity index (χ1n) is 3.42. The Hall–Kier alpha value is -1.23. The predicted molar refractivity (Wildman–Crippen MR) is 50.9 cm³/mol. The van der Waals surface area contributed by atoms with Gasteiger partial charge in [0.2, 0.25) is 13.9 Å². The van der Waals surface area contributed by atoms with E-state index in [4.69, 9.17) is 17.3 Å². The maximum Gasteiger partial charge on any atom is 0.223 e. The molecule has 0 saturated carbocycles. The Labute approximate surface area is 74.8 Å². The van der Waals surface area contributed by atoms with E-state index in [-0.39, 0.29) is 5.95 Å². The average Bonchev–Trinajstić information content (AvgIpc) is 2.31. The highest BCUT2D eigenvalue weighted by molar-refractivity contribution is 6.34. The Kier molecular flexibility index (Phi) is 1.47. The summed E-state index contributed by atoms with van der Waals surface area (Å²) in [6.07, 6.45) is 1.87. The minimum Gasteiger partial charge on any atom is -0.395 e. The maximum atomic E-state index is 5.86. The first-order valence-corrected chi connectivity index (χ1v) is 3.80. The molecule has 0 radical (unpaired) electrons. The van der Waals surface area contributed by atoms with Gasteiger partial charge in [-0.05, 0) is 12.3 Å². The number of rotatable bonds is 0. The molecule has 0 amide bonds. The zero-order valence-electron chi connectivity index (χ0n) is 6.45. The van der Waals surface area contributed by atoms with Crippen LogP contribution in [0.1, 0.15) is 0 Å². The van der Waals surface area contributed by atoms with E-state index in [0.29, 0.717) is 5.15 Å². The van der Waals surface area contributed by atoms with Crippen molar-refractivity contribution in [2.45, 2.75) is 0 Å². The van der Waals surface area contributed by atoms with E-state index in [1.54, 1.807) is 0 Å². The Balaban J connectivity index is 2.93. The molecule has 60 valence electrons. The molecule has 0 saturated heterocycles. The van der Waals surface area contributed by atoms with Gasteiger partial charge < -0.3 is 10.2 Å². The second kappa shape index (κ2) is 2.38. The molecule has 0 bridgehead atoms. The van der Waals surface area contributed by atoms with Crippen LogP contribution in [0.15, 0.2) is 12.3 Å². The minimum absolute atomic E-state index is 0.207. The molecule has 6 heteroatoms. The van der Waals surface area contributed by atoms with Crippen LogP contribution in [-0.2, 0) is 0 Å². The van der Waals surface area contributed by atoms with E-state index in [1.165, 1.54) is 0 Å². The SMILES string of the molecule is Bn1ccc2nc(N)nc(Cl)c21. The molecule has 2 rings (SSSR count). The topological polar surface area (TPSA) is 56.7 Å². The third-order valence-electron chi connectivity index (χ3n) is 1.69. The molecule has 0 unspecified atom stereocenters. The van der Waals surface area contributed by atoms with Crippen LogP contribution in [0.5, 0.6) is 0 Å². The van der Waals surface area contributed by atoms with Gasteiger partial charge in [-0.3, -0.25) is 0 Å². The molecular weight excluding hydrogens is 174 g/mol. The van der Waals surface area contributed by atoms with E-state index in [9.17, 15) is 0 Å². The van der Waals surface area contributed by atoms with Crippen LogP contribution in [-0.4, -0.2) is 22.4 Å². The normalized spacial score (nSPS) is 10.8. The molecular formula is C6H6BClN4. The summed E-state index contributed by atoms with van der Waals surface area (Å²) in [6, 6.07) is 1.85. The molecule has 0 aliphatic rings. The van der Waals surface area contributed by atoms with Crippen molar-refractivity contribution in [1.29, 1.82) is 0 Å². The summed E-state index contributed by atoms with van der Waals surface area (Å²) in [5, 5.41) is 0.394. The molecule has 0 aliphatic heterocycles. The third kappa shape index (κ3) is 0.938. The van der Waals surface area contributed by atoms with Crippen LogP contribution in [0, 0.1) is 0 Å². The van der Waals surface area contributed by atoms with Gasteiger partial charge in [0.1, 0.15) is 0 Å². The van der Waals surface area contributed by atoms with E-state index >= 15 is 0 Å². The van der Waals surface area contributed by atoms with Gasteiger partial charge in [0.05, 0.1) is 11.0 Å². The lowest BCUT2D eigenvalue weighted by Crippen LogP contribution is -1.97. The summed E-state index contributed by atoms with van der Waals surface area (Å²) in [7, 11) is 1.88. The van der Waals surface area contributed by atoms with Gasteiger partial charge in [-0.15, -0.1) is 0 Å². The third-order valence-corrected chi connectivity index (χ3v) is 1.96. The lowest BCUT2D eigenvalue weighted by atomic mass is 10.4. The van der Waals surface area contributed by atoms with Gasteiger partial charge in [-0.1, -0.05) is 11.6 Å². The van der Waals surface area contributed by atoms with E-state index in [0.717, 1.165) is 11.0 Å². The van der Waals surface area contributed by atoms with Crippen LogP contribution >= 0.6 is 11.6 Å². The van der Waals surface area contributed by atoms with Crippen molar-refractivity contribution in [3.05, 3.63) is 17.4 Å². The van der Waals surface area contributed by atoms with E-state index < -0.39 is 0 Å². The zero-order chi connectivity index (χ0) is 8.72. The number of nitrogens with two attached hydrogens (primary N) is 1. The molecule has 12 heavy (non-hydrogen) atoms. The fraction of sp³-hybridized carbons (Fsp3) is 0. The summed E-state index contributed by atoms with van der Waals surface area (Å²) in [6.45, 7) is 0. The Morgan fingerprint density at radius 1 is 1.50 bits per heavy atom. The van der Waals surface area contributed by atoms with Crippen LogP contribution < -0.4 is 5.73 Å². The molecule has 2 N–H and O–H groups in total. The first kappa shape index (κ1) is 7.43. The summed E-state index contributed by atoms with van der Waals surface area (Å²) in [4.78, 5) is 7.86. The van der Waals surface area contributed by atoms with Crippen molar-refractivity contribution in [2.24, 2.45) is 0 Å². The van der Waals surface area contributed by atoms with Gasteiger partial charge in [-0.25, -0.2) is 4.98 Å². The number of hydrogen-bond acceptors (Lipinski definition) is 3. The number of halogens is 1. The average molecular weight is 180 g/mol. The van der Waals surface area contributed by atoms with E-state index in [2.05, 4.69) is 9.97 Å². The lowest BCUT2D eigenvalue weighted by Gasteiger charge is -1.98. The minimum atomic E-state index is 0.207. The predicted octanol–water partition coefficient (Wildman–Crippen LogP) is 0.0631. The molecule has 2 aromatic rings. The zero-order valence-corrected chi connectivity index (χ0v) is 7.21. The Bertz CT molecular complexity index is 438. The summed E-state index contributed by atoms with van der Waals surface area (Å²) >= 11 is 5.86. The second-order valence-corrected chi connectivity index (χ2v) is 2.89. The van der Waals surface area contributed by atoms with Crippen molar-refractivity contribution in [1.82, 2.24) is 14.4 Å². The number of anilines is 1. The fourth-order valence-electron chi connectivity index (χ4n) is 1.16. The molecule has 0 aliphatic carbocycles. The molecule has 0 spiro atoms. The van der Waals surface area contributed by atoms with Gasteiger partial charge >= 0.3 is 0 Å². The smallest absolute Gasteiger partial charge is 0.223 e. The highest BCUT2D eigenvalue weighted by atomic mass is 35.5. The van der Waals surface area contributed by atoms with Crippen LogP contribution in [0.2, 0.25) is 5.15 Å². The summed E-state index contributed by atoms with van der Waals surface area (Å²) in [5.41, 5.74) is 7.00. The number of fused-ring (bicyclic) bond motifs is 1. The van der Waals surface area contributed by atoms with Crippen molar-refractivity contribution in [2.75, 3.05) is 5.73 Å². The van der Waals surface area contributed by atoms with Crippen molar-refractivity contribution in [3.63, 3.8) is 0 Å². The van der Waals surface area contributed by atoms with Gasteiger partial charge in [0.15, 0.2) is 5.15 Å². The Morgan fingerprint density at radius 3 is 3.00 bits per heavy atom. The molecule has 4 nitrogen and oxygen atoms in total. The standard InChI is InChI=1S/C6H6BClN4/c7-12-2-1-3-4(12)5(8)11-6(9)10-3/h1-2H,7H2,(H2,9,10,11). The Morgan fingerprint density at radius 2 is 2.25 bits per heavy atom. The van der Waals surface area contributed by atoms with Crippen molar-refractivity contribution in [3.8, 4) is 0 Å². The largest absolute Gasteiger partial charge is 0.395 e. The molecule has 0 aromatic carbocycles. The summed E-state index contributed by atoms with van der Waals surface area (Å²) in [5.74, 6) is 0.207. The fourth-order valence-corrected chi connectivity index (χ4v) is 1.48. The molecule has 2 heterocycles. The molecule has 2 aromatic heterocycles. The highest BCUT2D eigenvalue weighted by Crippen LogP contribution is 2.20. The van der Waals surface area contributed by atoms with Gasteiger partial charge in [0.25, 0.3) is 0 Å². The van der Waals surface area contributed by atoms with Crippen molar-refractivity contribution >= 4 is 36.6 Å². The quantitative estimate of drug-likeness (QED) is 0.461. The molecule has 0 fully saturated rings. The van der Waals surface area contributed by atoms with Crippen LogP contribution in [0.3, 0.4) is 0 Å². The maximum absolute atomic E-state index is 5.86. The van der Waals surface area contributed by atoms with Gasteiger partial charge in [0, 0.05) is 0 Å². The number of nitrogens with zero attached hydrogens (tertiary/aromatic N) is 3. The number of nitrogen functional groups attached to an aromatic ring is 1. The second-order valence-electron chi connectivity index (χ2n) is 2.53. The number of hydrogen-bond donors (Lipinski definition) is 1. The molecule has 0 atom stereocenters. The van der Waals surface area contributed by atoms with E-state index in [1.807, 2.05) is 24.7 Å². The van der Waals surface area contributed by atoms with Crippen LogP contribution in [0.4, 0.5) is 5.95 Å². The monoisotopic (exact) mass is 180 g/mol. The first-order chi connectivity index (χ1) is 5.68. The lowest BCUT2D eigenvalue weighted by molar-refractivity contribution is 1.22.